The molecule has 7 nitrogen and oxygen atoms in total. The average molecular weight is 391 g/mol. The lowest BCUT2D eigenvalue weighted by molar-refractivity contribution is 0.0923. The van der Waals surface area contributed by atoms with Gasteiger partial charge in [0.1, 0.15) is 4.90 Å². The van der Waals surface area contributed by atoms with E-state index in [4.69, 9.17) is 0 Å². The number of carbonyl (C=O) groups is 1. The van der Waals surface area contributed by atoms with Crippen molar-refractivity contribution in [1.29, 1.82) is 0 Å². The van der Waals surface area contributed by atoms with Crippen molar-refractivity contribution in [2.75, 3.05) is 13.1 Å². The Morgan fingerprint density at radius 2 is 1.81 bits per heavy atom. The van der Waals surface area contributed by atoms with Gasteiger partial charge in [-0.05, 0) is 63.8 Å². The Bertz CT molecular complexity index is 938. The number of aryl methyl sites for hydroxylation is 4. The number of nitrogens with zero attached hydrogens (tertiary/aromatic N) is 2. The highest BCUT2D eigenvalue weighted by atomic mass is 32.2. The van der Waals surface area contributed by atoms with Crippen molar-refractivity contribution in [1.82, 2.24) is 19.8 Å². The standard InChI is InChI=1S/C19H26N4O3S/c1-12-5-6-16(11-13(12)2)19(24)20-17-7-9-23(10-8-17)27(25,26)18-14(3)21-22-15(18)4/h5-6,11,17H,7-10H2,1-4H3,(H,20,24)(H,21,22). The van der Waals surface area contributed by atoms with Gasteiger partial charge < -0.3 is 5.32 Å². The molecule has 1 aromatic carbocycles. The second-order valence-corrected chi connectivity index (χ2v) is 9.09. The van der Waals surface area contributed by atoms with Crippen molar-refractivity contribution >= 4 is 15.9 Å². The summed E-state index contributed by atoms with van der Waals surface area (Å²) in [7, 11) is -3.57. The third-order valence-corrected chi connectivity index (χ3v) is 7.38. The molecule has 0 atom stereocenters. The molecule has 0 unspecified atom stereocenters. The Morgan fingerprint density at radius 1 is 1.15 bits per heavy atom. The molecular weight excluding hydrogens is 364 g/mol. The van der Waals surface area contributed by atoms with Crippen molar-refractivity contribution in [3.63, 3.8) is 0 Å². The number of amides is 1. The van der Waals surface area contributed by atoms with Crippen molar-refractivity contribution in [3.8, 4) is 0 Å². The maximum absolute atomic E-state index is 12.9. The number of hydrogen-bond donors (Lipinski definition) is 2. The van der Waals surface area contributed by atoms with Crippen molar-refractivity contribution in [2.45, 2.75) is 51.5 Å². The Balaban J connectivity index is 1.63. The highest BCUT2D eigenvalue weighted by Crippen LogP contribution is 2.25. The highest BCUT2D eigenvalue weighted by Gasteiger charge is 2.33. The van der Waals surface area contributed by atoms with Crippen LogP contribution >= 0.6 is 0 Å². The second kappa shape index (κ2) is 7.44. The van der Waals surface area contributed by atoms with E-state index in [1.807, 2.05) is 32.0 Å². The van der Waals surface area contributed by atoms with E-state index in [2.05, 4.69) is 15.5 Å². The summed E-state index contributed by atoms with van der Waals surface area (Å²) in [5.74, 6) is -0.110. The fourth-order valence-electron chi connectivity index (χ4n) is 3.44. The first-order valence-electron chi connectivity index (χ1n) is 9.10. The minimum Gasteiger partial charge on any atom is -0.349 e. The van der Waals surface area contributed by atoms with Crippen LogP contribution in [0.3, 0.4) is 0 Å². The number of aromatic amines is 1. The van der Waals surface area contributed by atoms with Crippen LogP contribution in [0, 0.1) is 27.7 Å². The van der Waals surface area contributed by atoms with Gasteiger partial charge in [0.15, 0.2) is 0 Å². The zero-order valence-electron chi connectivity index (χ0n) is 16.2. The molecule has 2 aromatic rings. The van der Waals surface area contributed by atoms with Crippen LogP contribution in [0.1, 0.15) is 45.7 Å². The predicted octanol–water partition coefficient (Wildman–Crippen LogP) is 2.23. The topological polar surface area (TPSA) is 95.2 Å². The van der Waals surface area contributed by atoms with Crippen molar-refractivity contribution < 1.29 is 13.2 Å². The molecule has 8 heteroatoms. The minimum absolute atomic E-state index is 0.0305. The number of piperidine rings is 1. The third-order valence-electron chi connectivity index (χ3n) is 5.22. The van der Waals surface area contributed by atoms with Gasteiger partial charge in [0.2, 0.25) is 10.0 Å². The quantitative estimate of drug-likeness (QED) is 0.837. The van der Waals surface area contributed by atoms with Crippen molar-refractivity contribution in [3.05, 3.63) is 46.3 Å². The van der Waals surface area contributed by atoms with Crippen LogP contribution in [0.15, 0.2) is 23.1 Å². The highest BCUT2D eigenvalue weighted by molar-refractivity contribution is 7.89. The molecule has 0 spiro atoms. The van der Waals surface area contributed by atoms with E-state index in [-0.39, 0.29) is 16.8 Å². The van der Waals surface area contributed by atoms with Crippen LogP contribution in [-0.4, -0.2) is 48.0 Å². The largest absolute Gasteiger partial charge is 0.349 e. The fourth-order valence-corrected chi connectivity index (χ4v) is 5.24. The van der Waals surface area contributed by atoms with Gasteiger partial charge >= 0.3 is 0 Å². The van der Waals surface area contributed by atoms with Gasteiger partial charge in [-0.15, -0.1) is 0 Å². The number of sulfonamides is 1. The fraction of sp³-hybridized carbons (Fsp3) is 0.474. The van der Waals surface area contributed by atoms with E-state index in [0.29, 0.717) is 42.9 Å². The molecule has 146 valence electrons. The summed E-state index contributed by atoms with van der Waals surface area (Å²) >= 11 is 0. The van der Waals surface area contributed by atoms with Gasteiger partial charge in [-0.3, -0.25) is 9.89 Å². The molecule has 27 heavy (non-hydrogen) atoms. The number of H-pyrrole nitrogens is 1. The van der Waals surface area contributed by atoms with Crippen LogP contribution in [0.5, 0.6) is 0 Å². The van der Waals surface area contributed by atoms with E-state index in [1.165, 1.54) is 4.31 Å². The monoisotopic (exact) mass is 390 g/mol. The summed E-state index contributed by atoms with van der Waals surface area (Å²) < 4.78 is 27.3. The molecule has 0 bridgehead atoms. The van der Waals surface area contributed by atoms with E-state index >= 15 is 0 Å². The summed E-state index contributed by atoms with van der Waals surface area (Å²) in [6.07, 6.45) is 1.18. The molecule has 1 amide bonds. The molecule has 0 radical (unpaired) electrons. The van der Waals surface area contributed by atoms with E-state index in [1.54, 1.807) is 13.8 Å². The van der Waals surface area contributed by atoms with E-state index in [9.17, 15) is 13.2 Å². The summed E-state index contributed by atoms with van der Waals surface area (Å²) in [4.78, 5) is 12.7. The molecule has 1 aliphatic rings. The Hall–Kier alpha value is -2.19. The maximum atomic E-state index is 12.9. The van der Waals surface area contributed by atoms with Crippen LogP contribution in [-0.2, 0) is 10.0 Å². The number of aromatic nitrogens is 2. The Kier molecular flexibility index (Phi) is 5.39. The predicted molar refractivity (Wildman–Crippen MR) is 103 cm³/mol. The van der Waals surface area contributed by atoms with Crippen LogP contribution in [0.4, 0.5) is 0 Å². The minimum atomic E-state index is -3.57. The lowest BCUT2D eigenvalue weighted by Crippen LogP contribution is -2.46. The lowest BCUT2D eigenvalue weighted by atomic mass is 10.0. The maximum Gasteiger partial charge on any atom is 0.251 e. The third kappa shape index (κ3) is 3.91. The molecule has 1 aliphatic heterocycles. The Morgan fingerprint density at radius 3 is 2.37 bits per heavy atom. The van der Waals surface area contributed by atoms with E-state index < -0.39 is 10.0 Å². The summed E-state index contributed by atoms with van der Waals surface area (Å²) in [6.45, 7) is 8.15. The number of benzene rings is 1. The molecule has 2 N–H and O–H groups in total. The van der Waals surface area contributed by atoms with Gasteiger partial charge in [-0.1, -0.05) is 6.07 Å². The smallest absolute Gasteiger partial charge is 0.251 e. The summed E-state index contributed by atoms with van der Waals surface area (Å²) in [5, 5.41) is 9.75. The van der Waals surface area contributed by atoms with Crippen LogP contribution in [0.25, 0.3) is 0 Å². The SMILES string of the molecule is Cc1ccc(C(=O)NC2CCN(S(=O)(=O)c3c(C)n[nH]c3C)CC2)cc1C. The second-order valence-electron chi connectivity index (χ2n) is 7.21. The average Bonchev–Trinajstić information content (AvgIpc) is 2.97. The van der Waals surface area contributed by atoms with Gasteiger partial charge in [0.05, 0.1) is 11.4 Å². The first-order valence-corrected chi connectivity index (χ1v) is 10.5. The summed E-state index contributed by atoms with van der Waals surface area (Å²) in [5.41, 5.74) is 3.90. The van der Waals surface area contributed by atoms with E-state index in [0.717, 1.165) is 11.1 Å². The first kappa shape index (κ1) is 19.6. The molecule has 1 aromatic heterocycles. The van der Waals surface area contributed by atoms with Crippen LogP contribution in [0.2, 0.25) is 0 Å². The molecule has 3 rings (SSSR count). The molecule has 0 saturated carbocycles. The molecule has 2 heterocycles. The molecule has 0 aliphatic carbocycles. The number of hydrogen-bond acceptors (Lipinski definition) is 4. The van der Waals surface area contributed by atoms with Crippen molar-refractivity contribution in [2.24, 2.45) is 0 Å². The zero-order chi connectivity index (χ0) is 19.8. The molecule has 1 saturated heterocycles. The van der Waals surface area contributed by atoms with Crippen LogP contribution < -0.4 is 5.32 Å². The molecular formula is C19H26N4O3S. The van der Waals surface area contributed by atoms with Gasteiger partial charge in [-0.2, -0.15) is 9.40 Å². The number of nitrogens with one attached hydrogen (secondary N) is 2. The van der Waals surface area contributed by atoms with Gasteiger partial charge in [0.25, 0.3) is 5.91 Å². The Labute approximate surface area is 160 Å². The number of rotatable bonds is 4. The van der Waals surface area contributed by atoms with Gasteiger partial charge in [0, 0.05) is 24.7 Å². The lowest BCUT2D eigenvalue weighted by Gasteiger charge is -2.31. The first-order chi connectivity index (χ1) is 12.7. The zero-order valence-corrected chi connectivity index (χ0v) is 17.0. The van der Waals surface area contributed by atoms with Gasteiger partial charge in [-0.25, -0.2) is 8.42 Å². The molecule has 1 fully saturated rings. The summed E-state index contributed by atoms with van der Waals surface area (Å²) in [6, 6.07) is 5.61. The number of carbonyl (C=O) groups excluding carboxylic acids is 1. The normalized spacial score (nSPS) is 16.4.